The molecule has 0 bridgehead atoms. The lowest BCUT2D eigenvalue weighted by atomic mass is 10.1. The number of rotatable bonds is 14. The van der Waals surface area contributed by atoms with Gasteiger partial charge in [0.25, 0.3) is 0 Å². The minimum Gasteiger partial charge on any atom is -0.352 e. The number of amides is 2. The van der Waals surface area contributed by atoms with E-state index < -0.39 is 16.1 Å². The van der Waals surface area contributed by atoms with Crippen molar-refractivity contribution in [3.8, 4) is 0 Å². The van der Waals surface area contributed by atoms with Crippen molar-refractivity contribution >= 4 is 27.5 Å². The molecule has 0 saturated carbocycles. The number of sulfonamides is 1. The molecule has 7 nitrogen and oxygen atoms in total. The van der Waals surface area contributed by atoms with Gasteiger partial charge in [0.15, 0.2) is 0 Å². The minimum atomic E-state index is -3.52. The number of nitrogens with zero attached hydrogens (tertiary/aromatic N) is 2. The van der Waals surface area contributed by atoms with Gasteiger partial charge in [-0.1, -0.05) is 50.2 Å². The maximum Gasteiger partial charge on any atom is 0.243 e. The summed E-state index contributed by atoms with van der Waals surface area (Å²) in [5.74, 6) is -0.290. The second-order valence-corrected chi connectivity index (χ2v) is 11.7. The predicted molar refractivity (Wildman–Crippen MR) is 151 cm³/mol. The van der Waals surface area contributed by atoms with E-state index in [0.717, 1.165) is 23.1 Å². The van der Waals surface area contributed by atoms with Crippen molar-refractivity contribution in [1.82, 2.24) is 10.2 Å². The molecule has 0 heterocycles. The normalized spacial score (nSPS) is 13.0. The Morgan fingerprint density at radius 2 is 1.62 bits per heavy atom. The van der Waals surface area contributed by atoms with Crippen LogP contribution in [0.25, 0.3) is 0 Å². The van der Waals surface area contributed by atoms with Gasteiger partial charge in [0.05, 0.1) is 11.9 Å². The SMILES string of the molecule is CC[C@@H](C)NC(=O)[C@H](CC)N(CCc1ccccc1)C(=O)CCCN(c1ccc(C)c(C)c1)S(C)(=O)=O. The summed E-state index contributed by atoms with van der Waals surface area (Å²) in [6.07, 6.45) is 3.63. The lowest BCUT2D eigenvalue weighted by Crippen LogP contribution is -2.51. The Balaban J connectivity index is 2.18. The summed E-state index contributed by atoms with van der Waals surface area (Å²) >= 11 is 0. The molecule has 0 aliphatic heterocycles. The number of carbonyl (C=O) groups excluding carboxylic acids is 2. The van der Waals surface area contributed by atoms with E-state index >= 15 is 0 Å². The molecule has 0 spiro atoms. The van der Waals surface area contributed by atoms with Crippen LogP contribution in [0.1, 0.15) is 63.1 Å². The standard InChI is InChI=1S/C29H43N3O4S/c1-7-24(5)30-29(34)27(8-2)31(20-18-25-13-10-9-11-14-25)28(33)15-12-19-32(37(6,35)36)26-17-16-22(3)23(4)21-26/h9-11,13-14,16-17,21,24,27H,7-8,12,15,18-20H2,1-6H3,(H,30,34)/t24-,27+/m1/s1. The molecule has 2 amide bonds. The van der Waals surface area contributed by atoms with Gasteiger partial charge in [-0.25, -0.2) is 8.42 Å². The van der Waals surface area contributed by atoms with Gasteiger partial charge < -0.3 is 10.2 Å². The van der Waals surface area contributed by atoms with Crippen molar-refractivity contribution < 1.29 is 18.0 Å². The number of carbonyl (C=O) groups is 2. The van der Waals surface area contributed by atoms with Crippen molar-refractivity contribution in [2.75, 3.05) is 23.7 Å². The number of nitrogens with one attached hydrogen (secondary N) is 1. The maximum absolute atomic E-state index is 13.5. The van der Waals surface area contributed by atoms with Crippen molar-refractivity contribution in [1.29, 1.82) is 0 Å². The van der Waals surface area contributed by atoms with Gasteiger partial charge in [-0.3, -0.25) is 13.9 Å². The molecule has 37 heavy (non-hydrogen) atoms. The van der Waals surface area contributed by atoms with Gasteiger partial charge in [0.2, 0.25) is 21.8 Å². The Kier molecular flexibility index (Phi) is 11.6. The zero-order valence-electron chi connectivity index (χ0n) is 23.2. The monoisotopic (exact) mass is 529 g/mol. The molecular weight excluding hydrogens is 486 g/mol. The molecule has 0 fully saturated rings. The van der Waals surface area contributed by atoms with E-state index in [4.69, 9.17) is 0 Å². The quantitative estimate of drug-likeness (QED) is 0.387. The molecular formula is C29H43N3O4S. The molecule has 0 saturated heterocycles. The summed E-state index contributed by atoms with van der Waals surface area (Å²) in [6.45, 7) is 10.4. The zero-order valence-corrected chi connectivity index (χ0v) is 24.0. The molecule has 0 aromatic heterocycles. The number of anilines is 1. The van der Waals surface area contributed by atoms with E-state index in [0.29, 0.717) is 31.5 Å². The van der Waals surface area contributed by atoms with Crippen molar-refractivity contribution in [2.45, 2.75) is 78.8 Å². The molecule has 0 unspecified atom stereocenters. The van der Waals surface area contributed by atoms with E-state index in [1.54, 1.807) is 11.0 Å². The Labute approximate surface area is 223 Å². The highest BCUT2D eigenvalue weighted by Crippen LogP contribution is 2.22. The van der Waals surface area contributed by atoms with E-state index in [1.165, 1.54) is 10.6 Å². The highest BCUT2D eigenvalue weighted by Gasteiger charge is 2.29. The fourth-order valence-electron chi connectivity index (χ4n) is 4.22. The summed E-state index contributed by atoms with van der Waals surface area (Å²) < 4.78 is 26.5. The van der Waals surface area contributed by atoms with E-state index in [2.05, 4.69) is 5.32 Å². The van der Waals surface area contributed by atoms with Gasteiger partial charge >= 0.3 is 0 Å². The number of benzene rings is 2. The summed E-state index contributed by atoms with van der Waals surface area (Å²) in [7, 11) is -3.52. The van der Waals surface area contributed by atoms with Crippen LogP contribution in [0.5, 0.6) is 0 Å². The lowest BCUT2D eigenvalue weighted by Gasteiger charge is -2.32. The van der Waals surface area contributed by atoms with E-state index in [1.807, 2.05) is 77.1 Å². The van der Waals surface area contributed by atoms with Crippen LogP contribution < -0.4 is 9.62 Å². The van der Waals surface area contributed by atoms with Crippen molar-refractivity contribution in [2.24, 2.45) is 0 Å². The number of hydrogen-bond donors (Lipinski definition) is 1. The maximum atomic E-state index is 13.5. The average Bonchev–Trinajstić information content (AvgIpc) is 2.85. The third-order valence-corrected chi connectivity index (χ3v) is 8.00. The van der Waals surface area contributed by atoms with Gasteiger partial charge in [-0.05, 0) is 75.3 Å². The first-order valence-corrected chi connectivity index (χ1v) is 15.0. The molecule has 0 aliphatic carbocycles. The first-order chi connectivity index (χ1) is 17.5. The molecule has 1 N–H and O–H groups in total. The first-order valence-electron chi connectivity index (χ1n) is 13.2. The van der Waals surface area contributed by atoms with Crippen LogP contribution in [-0.2, 0) is 26.0 Å². The van der Waals surface area contributed by atoms with Crippen LogP contribution in [-0.4, -0.2) is 56.6 Å². The van der Waals surface area contributed by atoms with Crippen LogP contribution in [0.3, 0.4) is 0 Å². The molecule has 0 radical (unpaired) electrons. The Morgan fingerprint density at radius 1 is 0.946 bits per heavy atom. The van der Waals surface area contributed by atoms with Crippen LogP contribution in [0, 0.1) is 13.8 Å². The van der Waals surface area contributed by atoms with Gasteiger partial charge in [-0.15, -0.1) is 0 Å². The molecule has 2 atom stereocenters. The summed E-state index contributed by atoms with van der Waals surface area (Å²) in [5.41, 5.74) is 3.78. The predicted octanol–water partition coefficient (Wildman–Crippen LogP) is 4.61. The fourth-order valence-corrected chi connectivity index (χ4v) is 5.18. The summed E-state index contributed by atoms with van der Waals surface area (Å²) in [6, 6.07) is 14.9. The molecule has 2 aromatic carbocycles. The van der Waals surface area contributed by atoms with Gasteiger partial charge in [0, 0.05) is 25.6 Å². The largest absolute Gasteiger partial charge is 0.352 e. The highest BCUT2D eigenvalue weighted by molar-refractivity contribution is 7.92. The zero-order chi connectivity index (χ0) is 27.6. The Bertz CT molecular complexity index is 1140. The van der Waals surface area contributed by atoms with E-state index in [-0.39, 0.29) is 30.8 Å². The fraction of sp³-hybridized carbons (Fsp3) is 0.517. The second-order valence-electron chi connectivity index (χ2n) is 9.77. The summed E-state index contributed by atoms with van der Waals surface area (Å²) in [5, 5.41) is 3.02. The average molecular weight is 530 g/mol. The number of aryl methyl sites for hydroxylation is 2. The molecule has 2 rings (SSSR count). The van der Waals surface area contributed by atoms with E-state index in [9.17, 15) is 18.0 Å². The van der Waals surface area contributed by atoms with Crippen molar-refractivity contribution in [3.63, 3.8) is 0 Å². The second kappa shape index (κ2) is 14.2. The minimum absolute atomic E-state index is 0.0221. The smallest absolute Gasteiger partial charge is 0.243 e. The van der Waals surface area contributed by atoms with Crippen LogP contribution in [0.2, 0.25) is 0 Å². The molecule has 2 aromatic rings. The van der Waals surface area contributed by atoms with Crippen LogP contribution in [0.15, 0.2) is 48.5 Å². The van der Waals surface area contributed by atoms with Crippen LogP contribution >= 0.6 is 0 Å². The topological polar surface area (TPSA) is 86.8 Å². The Hall–Kier alpha value is -2.87. The first kappa shape index (κ1) is 30.4. The molecule has 8 heteroatoms. The highest BCUT2D eigenvalue weighted by atomic mass is 32.2. The molecule has 204 valence electrons. The summed E-state index contributed by atoms with van der Waals surface area (Å²) in [4.78, 5) is 28.2. The lowest BCUT2D eigenvalue weighted by molar-refractivity contribution is -0.141. The third kappa shape index (κ3) is 9.18. The van der Waals surface area contributed by atoms with Gasteiger partial charge in [-0.2, -0.15) is 0 Å². The van der Waals surface area contributed by atoms with Crippen molar-refractivity contribution in [3.05, 3.63) is 65.2 Å². The van der Waals surface area contributed by atoms with Gasteiger partial charge in [0.1, 0.15) is 6.04 Å². The third-order valence-electron chi connectivity index (χ3n) is 6.80. The molecule has 0 aliphatic rings. The Morgan fingerprint density at radius 3 is 2.19 bits per heavy atom. The number of hydrogen-bond acceptors (Lipinski definition) is 4. The van der Waals surface area contributed by atoms with Crippen LogP contribution in [0.4, 0.5) is 5.69 Å².